The summed E-state index contributed by atoms with van der Waals surface area (Å²) in [6.45, 7) is 10.6. The molecule has 7 heteroatoms. The molecule has 36 heavy (non-hydrogen) atoms. The van der Waals surface area contributed by atoms with Crippen LogP contribution in [0.3, 0.4) is 0 Å². The molecule has 8 atom stereocenters. The van der Waals surface area contributed by atoms with Gasteiger partial charge < -0.3 is 15.4 Å². The van der Waals surface area contributed by atoms with Crippen LogP contribution in [0.4, 0.5) is 0 Å². The third-order valence-corrected chi connectivity index (χ3v) is 11.5. The van der Waals surface area contributed by atoms with Gasteiger partial charge in [-0.05, 0) is 114 Å². The highest BCUT2D eigenvalue weighted by Crippen LogP contribution is 2.48. The van der Waals surface area contributed by atoms with Gasteiger partial charge in [0.05, 0.1) is 30.9 Å². The Kier molecular flexibility index (Phi) is 7.65. The van der Waals surface area contributed by atoms with E-state index in [1.807, 2.05) is 0 Å². The molecular formula is C29H50N6O. The molecule has 0 aromatic heterocycles. The summed E-state index contributed by atoms with van der Waals surface area (Å²) in [4.78, 5) is 2.61. The zero-order valence-electron chi connectivity index (χ0n) is 22.7. The van der Waals surface area contributed by atoms with Gasteiger partial charge in [0.25, 0.3) is 0 Å². The fourth-order valence-electron chi connectivity index (χ4n) is 9.21. The molecule has 7 nitrogen and oxygen atoms in total. The van der Waals surface area contributed by atoms with Gasteiger partial charge in [-0.3, -0.25) is 15.8 Å². The lowest BCUT2D eigenvalue weighted by Gasteiger charge is -2.50. The minimum atomic E-state index is -0.180. The number of fused-ring (bicyclic) bond motifs is 3. The number of piperidine rings is 2. The van der Waals surface area contributed by atoms with Crippen LogP contribution in [0.5, 0.6) is 0 Å². The standard InChI is InChI=1S/C29H50N6O/c1-29(2,18-30)22-7-3-19(4-8-22)28-27-23-15-20(5-9-24(23)31-17-25(27)33-34-28)21-6-10-26(32-16-21)35-11-13-36-14-12-35/h19-28,31-34H,3-17H2,1-2H3. The van der Waals surface area contributed by atoms with Crippen molar-refractivity contribution < 1.29 is 4.74 Å². The summed E-state index contributed by atoms with van der Waals surface area (Å²) >= 11 is 0. The van der Waals surface area contributed by atoms with Crippen LogP contribution in [0.25, 0.3) is 0 Å². The molecule has 6 rings (SSSR count). The highest BCUT2D eigenvalue weighted by atomic mass is 16.5. The topological polar surface area (TPSA) is 84.4 Å². The third-order valence-electron chi connectivity index (χ3n) is 11.5. The van der Waals surface area contributed by atoms with Gasteiger partial charge in [0, 0.05) is 37.8 Å². The van der Waals surface area contributed by atoms with E-state index in [2.05, 4.69) is 46.3 Å². The molecule has 2 aliphatic carbocycles. The number of morpholine rings is 1. The highest BCUT2D eigenvalue weighted by Gasteiger charge is 2.52. The van der Waals surface area contributed by atoms with Gasteiger partial charge in [0.15, 0.2) is 0 Å². The molecule has 0 aromatic carbocycles. The summed E-state index contributed by atoms with van der Waals surface area (Å²) < 4.78 is 5.57. The Morgan fingerprint density at radius 2 is 1.56 bits per heavy atom. The fraction of sp³-hybridized carbons (Fsp3) is 0.966. The number of nitrogens with one attached hydrogen (secondary N) is 4. The second-order valence-corrected chi connectivity index (χ2v) is 13.6. The molecule has 0 radical (unpaired) electrons. The Hall–Kier alpha value is -0.750. The normalized spacial score (nSPS) is 46.5. The van der Waals surface area contributed by atoms with E-state index < -0.39 is 0 Å². The zero-order chi connectivity index (χ0) is 24.7. The van der Waals surface area contributed by atoms with Gasteiger partial charge in [-0.15, -0.1) is 0 Å². The van der Waals surface area contributed by atoms with Gasteiger partial charge in [-0.2, -0.15) is 5.26 Å². The molecule has 0 spiro atoms. The molecule has 4 saturated heterocycles. The summed E-state index contributed by atoms with van der Waals surface area (Å²) in [5.41, 5.74) is 7.38. The Morgan fingerprint density at radius 3 is 2.28 bits per heavy atom. The van der Waals surface area contributed by atoms with E-state index in [0.717, 1.165) is 62.4 Å². The predicted octanol–water partition coefficient (Wildman–Crippen LogP) is 2.85. The first-order valence-electron chi connectivity index (χ1n) is 15.2. The molecule has 8 unspecified atom stereocenters. The number of rotatable bonds is 4. The molecule has 4 aliphatic heterocycles. The Labute approximate surface area is 218 Å². The lowest BCUT2D eigenvalue weighted by molar-refractivity contribution is -0.00955. The molecule has 6 aliphatic rings. The first-order chi connectivity index (χ1) is 17.5. The van der Waals surface area contributed by atoms with E-state index in [9.17, 15) is 5.26 Å². The van der Waals surface area contributed by atoms with E-state index >= 15 is 0 Å². The van der Waals surface area contributed by atoms with Crippen molar-refractivity contribution in [1.82, 2.24) is 26.4 Å². The number of ether oxygens (including phenoxy) is 1. The molecule has 4 heterocycles. The van der Waals surface area contributed by atoms with E-state index in [4.69, 9.17) is 4.74 Å². The van der Waals surface area contributed by atoms with E-state index in [0.29, 0.717) is 30.2 Å². The van der Waals surface area contributed by atoms with Crippen LogP contribution in [0.15, 0.2) is 0 Å². The Morgan fingerprint density at radius 1 is 0.806 bits per heavy atom. The molecule has 4 N–H and O–H groups in total. The van der Waals surface area contributed by atoms with Crippen LogP contribution in [-0.4, -0.2) is 68.6 Å². The maximum Gasteiger partial charge on any atom is 0.0686 e. The van der Waals surface area contributed by atoms with Gasteiger partial charge in [0.2, 0.25) is 0 Å². The van der Waals surface area contributed by atoms with Crippen LogP contribution in [0.1, 0.15) is 71.6 Å². The number of hydrazine groups is 1. The maximum atomic E-state index is 9.63. The first-order valence-corrected chi connectivity index (χ1v) is 15.2. The van der Waals surface area contributed by atoms with Gasteiger partial charge in [-0.25, -0.2) is 0 Å². The first kappa shape index (κ1) is 25.5. The molecule has 0 aromatic rings. The van der Waals surface area contributed by atoms with E-state index in [1.165, 1.54) is 64.3 Å². The number of hydrogen-bond acceptors (Lipinski definition) is 7. The van der Waals surface area contributed by atoms with E-state index in [1.54, 1.807) is 0 Å². The summed E-state index contributed by atoms with van der Waals surface area (Å²) in [6, 6.07) is 4.46. The summed E-state index contributed by atoms with van der Waals surface area (Å²) in [6.07, 6.45) is 12.4. The summed E-state index contributed by atoms with van der Waals surface area (Å²) in [5.74, 6) is 4.57. The molecule has 6 fully saturated rings. The largest absolute Gasteiger partial charge is 0.379 e. The second-order valence-electron chi connectivity index (χ2n) is 13.6. The van der Waals surface area contributed by atoms with Crippen molar-refractivity contribution in [2.45, 2.75) is 95.9 Å². The molecular weight excluding hydrogens is 448 g/mol. The molecule has 2 saturated carbocycles. The van der Waals surface area contributed by atoms with Crippen molar-refractivity contribution in [3.8, 4) is 6.07 Å². The smallest absolute Gasteiger partial charge is 0.0686 e. The van der Waals surface area contributed by atoms with Crippen molar-refractivity contribution >= 4 is 0 Å². The van der Waals surface area contributed by atoms with Crippen molar-refractivity contribution in [3.63, 3.8) is 0 Å². The Bertz CT molecular complexity index is 777. The Balaban J connectivity index is 1.07. The van der Waals surface area contributed by atoms with Gasteiger partial charge in [-0.1, -0.05) is 0 Å². The quantitative estimate of drug-likeness (QED) is 0.474. The highest BCUT2D eigenvalue weighted by molar-refractivity contribution is 5.08. The van der Waals surface area contributed by atoms with E-state index in [-0.39, 0.29) is 5.41 Å². The molecule has 0 amide bonds. The van der Waals surface area contributed by atoms with Crippen molar-refractivity contribution in [2.75, 3.05) is 39.4 Å². The molecule has 202 valence electrons. The van der Waals surface area contributed by atoms with Crippen molar-refractivity contribution in [2.24, 2.45) is 40.9 Å². The van der Waals surface area contributed by atoms with Crippen LogP contribution in [0.2, 0.25) is 0 Å². The lowest BCUT2D eigenvalue weighted by Crippen LogP contribution is -2.59. The minimum Gasteiger partial charge on any atom is -0.379 e. The summed E-state index contributed by atoms with van der Waals surface area (Å²) in [5, 5.41) is 17.5. The zero-order valence-corrected chi connectivity index (χ0v) is 22.7. The number of hydrogen-bond donors (Lipinski definition) is 4. The van der Waals surface area contributed by atoms with Crippen molar-refractivity contribution in [1.29, 1.82) is 5.26 Å². The monoisotopic (exact) mass is 498 g/mol. The average molecular weight is 499 g/mol. The predicted molar refractivity (Wildman–Crippen MR) is 142 cm³/mol. The van der Waals surface area contributed by atoms with Crippen molar-refractivity contribution in [3.05, 3.63) is 0 Å². The third kappa shape index (κ3) is 4.99. The fourth-order valence-corrected chi connectivity index (χ4v) is 9.21. The average Bonchev–Trinajstić information content (AvgIpc) is 3.38. The van der Waals surface area contributed by atoms with Crippen LogP contribution >= 0.6 is 0 Å². The lowest BCUT2D eigenvalue weighted by atomic mass is 9.60. The second kappa shape index (κ2) is 10.8. The van der Waals surface area contributed by atoms with Gasteiger partial charge in [0.1, 0.15) is 0 Å². The van der Waals surface area contributed by atoms with Crippen LogP contribution < -0.4 is 21.5 Å². The van der Waals surface area contributed by atoms with Crippen LogP contribution in [-0.2, 0) is 4.74 Å². The molecule has 0 bridgehead atoms. The van der Waals surface area contributed by atoms with Crippen LogP contribution in [0, 0.1) is 52.3 Å². The van der Waals surface area contributed by atoms with Gasteiger partial charge >= 0.3 is 0 Å². The number of nitrogens with zero attached hydrogens (tertiary/aromatic N) is 2. The summed E-state index contributed by atoms with van der Waals surface area (Å²) in [7, 11) is 0. The SMILES string of the molecule is CC(C)(C#N)C1CCC(C2NNC3CNC4CCC(C5CCC(N6CCOCC6)NC5)CC4C32)CC1. The maximum absolute atomic E-state index is 9.63. The number of nitriles is 1. The minimum absolute atomic E-state index is 0.180.